The Morgan fingerprint density at radius 1 is 1.31 bits per heavy atom. The van der Waals surface area contributed by atoms with E-state index in [1.807, 2.05) is 12.1 Å². The molecule has 0 amide bonds. The van der Waals surface area contributed by atoms with Crippen LogP contribution in [-0.4, -0.2) is 57.4 Å². The van der Waals surface area contributed by atoms with Crippen LogP contribution in [0.4, 0.5) is 0 Å². The van der Waals surface area contributed by atoms with Crippen LogP contribution in [0.3, 0.4) is 0 Å². The molecule has 1 N–H and O–H groups in total. The largest absolute Gasteiger partial charge is 0.492 e. The highest BCUT2D eigenvalue weighted by Crippen LogP contribution is 2.19. The number of hydrogen-bond donors (Lipinski definition) is 1. The van der Waals surface area contributed by atoms with Crippen molar-refractivity contribution in [3.05, 3.63) is 29.8 Å². The van der Waals surface area contributed by atoms with Crippen molar-refractivity contribution in [2.75, 3.05) is 46.5 Å². The zero-order valence-corrected chi connectivity index (χ0v) is 18.9. The van der Waals surface area contributed by atoms with Gasteiger partial charge in [-0.3, -0.25) is 0 Å². The first kappa shape index (κ1) is 23.0. The molecule has 6 heteroatoms. The average molecular weight is 475 g/mol. The number of methoxy groups -OCH3 is 1. The SMILES string of the molecule is CCNC(=NCCOc1ccc(C(C)C)cc1)N1CCC(COC)C1.I. The van der Waals surface area contributed by atoms with Crippen molar-refractivity contribution in [1.29, 1.82) is 0 Å². The van der Waals surface area contributed by atoms with Crippen LogP contribution in [0.2, 0.25) is 0 Å². The van der Waals surface area contributed by atoms with Crippen molar-refractivity contribution in [3.8, 4) is 5.75 Å². The summed E-state index contributed by atoms with van der Waals surface area (Å²) in [6.07, 6.45) is 1.16. The smallest absolute Gasteiger partial charge is 0.194 e. The average Bonchev–Trinajstić information content (AvgIpc) is 3.07. The number of ether oxygens (including phenoxy) is 2. The summed E-state index contributed by atoms with van der Waals surface area (Å²) in [7, 11) is 1.77. The minimum Gasteiger partial charge on any atom is -0.492 e. The number of nitrogens with one attached hydrogen (secondary N) is 1. The lowest BCUT2D eigenvalue weighted by atomic mass is 10.0. The fourth-order valence-electron chi connectivity index (χ4n) is 3.09. The first-order valence-corrected chi connectivity index (χ1v) is 9.39. The third-order valence-corrected chi connectivity index (χ3v) is 4.49. The van der Waals surface area contributed by atoms with Crippen molar-refractivity contribution >= 4 is 29.9 Å². The number of rotatable bonds is 8. The van der Waals surface area contributed by atoms with E-state index in [4.69, 9.17) is 14.5 Å². The molecule has 1 heterocycles. The zero-order valence-electron chi connectivity index (χ0n) is 16.5. The van der Waals surface area contributed by atoms with Crippen LogP contribution < -0.4 is 10.1 Å². The first-order valence-electron chi connectivity index (χ1n) is 9.39. The molecule has 2 rings (SSSR count). The third kappa shape index (κ3) is 7.31. The van der Waals surface area contributed by atoms with Gasteiger partial charge in [0.25, 0.3) is 0 Å². The second kappa shape index (κ2) is 12.4. The van der Waals surface area contributed by atoms with Gasteiger partial charge in [-0.1, -0.05) is 26.0 Å². The number of benzene rings is 1. The summed E-state index contributed by atoms with van der Waals surface area (Å²) in [6, 6.07) is 8.35. The number of aliphatic imine (C=N–C) groups is 1. The van der Waals surface area contributed by atoms with Gasteiger partial charge in [-0.05, 0) is 37.0 Å². The molecule has 1 aromatic carbocycles. The van der Waals surface area contributed by atoms with Crippen LogP contribution >= 0.6 is 24.0 Å². The standard InChI is InChI=1S/C20H33N3O2.HI/c1-5-21-20(23-12-10-17(14-23)15-24-4)22-11-13-25-19-8-6-18(7-9-19)16(2)3;/h6-9,16-17H,5,10-15H2,1-4H3,(H,21,22);1H. The van der Waals surface area contributed by atoms with Gasteiger partial charge in [-0.2, -0.15) is 0 Å². The minimum atomic E-state index is 0. The summed E-state index contributed by atoms with van der Waals surface area (Å²) >= 11 is 0. The lowest BCUT2D eigenvalue weighted by molar-refractivity contribution is 0.157. The highest BCUT2D eigenvalue weighted by Gasteiger charge is 2.24. The molecule has 0 bridgehead atoms. The van der Waals surface area contributed by atoms with Gasteiger partial charge >= 0.3 is 0 Å². The van der Waals surface area contributed by atoms with Gasteiger partial charge in [0.05, 0.1) is 13.2 Å². The van der Waals surface area contributed by atoms with E-state index in [-0.39, 0.29) is 24.0 Å². The highest BCUT2D eigenvalue weighted by atomic mass is 127. The molecule has 1 saturated heterocycles. The fourth-order valence-corrected chi connectivity index (χ4v) is 3.09. The lowest BCUT2D eigenvalue weighted by Gasteiger charge is -2.21. The Labute approximate surface area is 175 Å². The minimum absolute atomic E-state index is 0. The number of nitrogens with zero attached hydrogens (tertiary/aromatic N) is 2. The molecular weight excluding hydrogens is 441 g/mol. The zero-order chi connectivity index (χ0) is 18.1. The van der Waals surface area contributed by atoms with Gasteiger partial charge in [0, 0.05) is 32.7 Å². The van der Waals surface area contributed by atoms with E-state index < -0.39 is 0 Å². The topological polar surface area (TPSA) is 46.1 Å². The molecule has 1 fully saturated rings. The van der Waals surface area contributed by atoms with Gasteiger partial charge in [-0.15, -0.1) is 24.0 Å². The summed E-state index contributed by atoms with van der Waals surface area (Å²) in [5.41, 5.74) is 1.33. The Hall–Kier alpha value is -1.02. The van der Waals surface area contributed by atoms with Crippen molar-refractivity contribution in [2.45, 2.75) is 33.1 Å². The van der Waals surface area contributed by atoms with E-state index in [0.29, 0.717) is 25.0 Å². The van der Waals surface area contributed by atoms with Crippen LogP contribution in [0.1, 0.15) is 38.7 Å². The predicted molar refractivity (Wildman–Crippen MR) is 119 cm³/mol. The van der Waals surface area contributed by atoms with E-state index >= 15 is 0 Å². The Morgan fingerprint density at radius 3 is 2.65 bits per heavy atom. The van der Waals surface area contributed by atoms with E-state index in [9.17, 15) is 0 Å². The van der Waals surface area contributed by atoms with Crippen LogP contribution in [-0.2, 0) is 4.74 Å². The Morgan fingerprint density at radius 2 is 2.04 bits per heavy atom. The Bertz CT molecular complexity index is 534. The summed E-state index contributed by atoms with van der Waals surface area (Å²) in [6.45, 7) is 11.5. The highest BCUT2D eigenvalue weighted by molar-refractivity contribution is 14.0. The maximum absolute atomic E-state index is 5.82. The van der Waals surface area contributed by atoms with E-state index in [2.05, 4.69) is 43.1 Å². The van der Waals surface area contributed by atoms with Crippen LogP contribution in [0, 0.1) is 5.92 Å². The van der Waals surface area contributed by atoms with Crippen LogP contribution in [0.25, 0.3) is 0 Å². The van der Waals surface area contributed by atoms with E-state index in [0.717, 1.165) is 44.4 Å². The normalized spacial score (nSPS) is 17.3. The van der Waals surface area contributed by atoms with E-state index in [1.165, 1.54) is 5.56 Å². The Kier molecular flexibility index (Phi) is 11.0. The summed E-state index contributed by atoms with van der Waals surface area (Å²) in [5.74, 6) is 3.04. The molecule has 5 nitrogen and oxygen atoms in total. The molecule has 0 saturated carbocycles. The molecule has 0 spiro atoms. The molecule has 26 heavy (non-hydrogen) atoms. The fraction of sp³-hybridized carbons (Fsp3) is 0.650. The monoisotopic (exact) mass is 475 g/mol. The molecule has 1 atom stereocenters. The molecule has 1 unspecified atom stereocenters. The number of likely N-dealkylation sites (tertiary alicyclic amines) is 1. The third-order valence-electron chi connectivity index (χ3n) is 4.49. The second-order valence-electron chi connectivity index (χ2n) is 6.86. The molecule has 148 valence electrons. The Balaban J connectivity index is 0.00000338. The lowest BCUT2D eigenvalue weighted by Crippen LogP contribution is -2.40. The van der Waals surface area contributed by atoms with Gasteiger partial charge in [-0.25, -0.2) is 4.99 Å². The molecular formula is C20H34IN3O2. The van der Waals surface area contributed by atoms with Gasteiger partial charge in [0.2, 0.25) is 0 Å². The van der Waals surface area contributed by atoms with Gasteiger partial charge in [0.15, 0.2) is 5.96 Å². The molecule has 0 aromatic heterocycles. The molecule has 0 aliphatic carbocycles. The maximum atomic E-state index is 5.82. The van der Waals surface area contributed by atoms with Crippen molar-refractivity contribution in [3.63, 3.8) is 0 Å². The second-order valence-corrected chi connectivity index (χ2v) is 6.86. The molecule has 1 aliphatic rings. The van der Waals surface area contributed by atoms with Crippen molar-refractivity contribution in [2.24, 2.45) is 10.9 Å². The molecule has 1 aliphatic heterocycles. The van der Waals surface area contributed by atoms with E-state index in [1.54, 1.807) is 7.11 Å². The number of hydrogen-bond acceptors (Lipinski definition) is 3. The van der Waals surface area contributed by atoms with Crippen LogP contribution in [0.5, 0.6) is 5.75 Å². The van der Waals surface area contributed by atoms with Gasteiger partial charge < -0.3 is 19.7 Å². The van der Waals surface area contributed by atoms with Crippen molar-refractivity contribution in [1.82, 2.24) is 10.2 Å². The maximum Gasteiger partial charge on any atom is 0.194 e. The van der Waals surface area contributed by atoms with Crippen molar-refractivity contribution < 1.29 is 9.47 Å². The molecule has 1 aromatic rings. The summed E-state index contributed by atoms with van der Waals surface area (Å²) in [4.78, 5) is 7.04. The van der Waals surface area contributed by atoms with Gasteiger partial charge in [0.1, 0.15) is 12.4 Å². The quantitative estimate of drug-likeness (QED) is 0.269. The summed E-state index contributed by atoms with van der Waals surface area (Å²) in [5, 5.41) is 3.39. The predicted octanol–water partition coefficient (Wildman–Crippen LogP) is 3.74. The number of halogens is 1. The summed E-state index contributed by atoms with van der Waals surface area (Å²) < 4.78 is 11.1. The van der Waals surface area contributed by atoms with Crippen LogP contribution in [0.15, 0.2) is 29.3 Å². The number of guanidine groups is 1. The first-order chi connectivity index (χ1) is 12.1. The molecule has 0 radical (unpaired) electrons.